The van der Waals surface area contributed by atoms with E-state index in [0.717, 1.165) is 31.2 Å². The molecule has 2 amide bonds. The number of oxazole rings is 1. The van der Waals surface area contributed by atoms with Gasteiger partial charge in [0.25, 0.3) is 0 Å². The molecule has 4 atom stereocenters. The number of nitriles is 1. The smallest absolute Gasteiger partial charge is 0.227 e. The van der Waals surface area contributed by atoms with Gasteiger partial charge in [-0.3, -0.25) is 24.0 Å². The second kappa shape index (κ2) is 25.7. The summed E-state index contributed by atoms with van der Waals surface area (Å²) in [5, 5.41) is 12.1. The number of nitrogens with zero attached hydrogens (tertiary/aromatic N) is 3. The first kappa shape index (κ1) is 52.8. The van der Waals surface area contributed by atoms with Crippen molar-refractivity contribution in [3.8, 4) is 40.1 Å². The summed E-state index contributed by atoms with van der Waals surface area (Å²) in [4.78, 5) is 76.6. The lowest BCUT2D eigenvalue weighted by Gasteiger charge is -2.32. The Hall–Kier alpha value is -5.86. The molecular formula is C50H65N7O8S. The molecule has 2 heterocycles. The number of ether oxygens (including phenoxy) is 2. The van der Waals surface area contributed by atoms with Crippen LogP contribution >= 0.6 is 13.5 Å². The lowest BCUT2D eigenvalue weighted by molar-refractivity contribution is -0.142. The van der Waals surface area contributed by atoms with E-state index in [1.54, 1.807) is 44.2 Å². The van der Waals surface area contributed by atoms with Crippen molar-refractivity contribution >= 4 is 42.7 Å². The minimum absolute atomic E-state index is 0. The number of ketones is 3. The quantitative estimate of drug-likeness (QED) is 0.0547. The average molecular weight is 924 g/mol. The molecule has 16 heteroatoms. The molecule has 7 N–H and O–H groups in total. The largest absolute Gasteiger partial charge is 0.492 e. The highest BCUT2D eigenvalue weighted by atomic mass is 32.1. The Morgan fingerprint density at radius 2 is 1.61 bits per heavy atom. The van der Waals surface area contributed by atoms with Crippen LogP contribution in [0.5, 0.6) is 11.5 Å². The molecule has 15 nitrogen and oxygen atoms in total. The molecule has 4 bridgehead atoms. The number of rotatable bonds is 21. The molecule has 5 rings (SSSR count). The molecule has 0 spiro atoms. The Morgan fingerprint density at radius 3 is 2.24 bits per heavy atom. The van der Waals surface area contributed by atoms with Crippen LogP contribution in [0, 0.1) is 30.1 Å². The van der Waals surface area contributed by atoms with Crippen LogP contribution in [0.25, 0.3) is 22.6 Å². The number of unbranched alkanes of at least 4 members (excludes halogenated alkanes) is 2. The first-order valence-corrected chi connectivity index (χ1v) is 22.6. The first-order valence-electron chi connectivity index (χ1n) is 22.6. The van der Waals surface area contributed by atoms with E-state index in [1.807, 2.05) is 36.4 Å². The number of aromatic nitrogens is 1. The van der Waals surface area contributed by atoms with Gasteiger partial charge in [-0.25, -0.2) is 4.98 Å². The van der Waals surface area contributed by atoms with Crippen molar-refractivity contribution in [1.29, 1.82) is 5.26 Å². The molecular weight excluding hydrogens is 859 g/mol. The number of Topliss-reactive ketones (excluding diaryl/α,β-unsaturated/α-hetero) is 3. The highest BCUT2D eigenvalue weighted by Crippen LogP contribution is 2.41. The molecule has 354 valence electrons. The van der Waals surface area contributed by atoms with Gasteiger partial charge in [0, 0.05) is 74.3 Å². The second-order valence-corrected chi connectivity index (χ2v) is 16.7. The van der Waals surface area contributed by atoms with Crippen LogP contribution in [0.4, 0.5) is 0 Å². The minimum atomic E-state index is -1.24. The van der Waals surface area contributed by atoms with Crippen LogP contribution in [0.1, 0.15) is 104 Å². The normalized spacial score (nSPS) is 16.5. The van der Waals surface area contributed by atoms with Gasteiger partial charge in [-0.15, -0.1) is 0 Å². The van der Waals surface area contributed by atoms with Crippen molar-refractivity contribution < 1.29 is 37.9 Å². The number of hydrogen-bond acceptors (Lipinski definition) is 13. The maximum absolute atomic E-state index is 14.7. The van der Waals surface area contributed by atoms with Gasteiger partial charge in [-0.1, -0.05) is 51.0 Å². The van der Waals surface area contributed by atoms with Gasteiger partial charge in [-0.2, -0.15) is 18.8 Å². The third-order valence-electron chi connectivity index (χ3n) is 11.6. The number of nitrogens with one attached hydrogen (secondary N) is 1. The summed E-state index contributed by atoms with van der Waals surface area (Å²) in [5.74, 6) is -2.97. The van der Waals surface area contributed by atoms with Crippen LogP contribution in [-0.2, 0) is 32.0 Å². The Balaban J connectivity index is 0.00000952. The van der Waals surface area contributed by atoms with Gasteiger partial charge >= 0.3 is 0 Å². The summed E-state index contributed by atoms with van der Waals surface area (Å²) in [5.41, 5.74) is 22.2. The van der Waals surface area contributed by atoms with E-state index in [4.69, 9.17) is 31.1 Å². The molecule has 1 aliphatic rings. The van der Waals surface area contributed by atoms with Crippen molar-refractivity contribution in [3.63, 3.8) is 0 Å². The monoisotopic (exact) mass is 923 g/mol. The number of aryl methyl sites for hydroxylation is 2. The van der Waals surface area contributed by atoms with Crippen LogP contribution in [0.2, 0.25) is 0 Å². The van der Waals surface area contributed by atoms with E-state index in [-0.39, 0.29) is 96.4 Å². The lowest BCUT2D eigenvalue weighted by Crippen LogP contribution is -2.46. The van der Waals surface area contributed by atoms with Crippen LogP contribution in [0.3, 0.4) is 0 Å². The minimum Gasteiger partial charge on any atom is -0.492 e. The zero-order valence-electron chi connectivity index (χ0n) is 38.5. The maximum Gasteiger partial charge on any atom is 0.227 e. The molecule has 1 aromatic heterocycles. The van der Waals surface area contributed by atoms with Gasteiger partial charge in [0.1, 0.15) is 30.8 Å². The van der Waals surface area contributed by atoms with Gasteiger partial charge in [0.2, 0.25) is 23.5 Å². The molecule has 0 radical (unpaired) electrons. The SMILES string of the molecule is CCCCCc1ccc(-c2nc(C)c(C(=O)C[C@@H](CCN)C(=O)N(C)[C@@H]3C(=O)C[C@@H](C)C(=O)N[C@H](C(=O)CCC#N)Cc4ccc(OCCN)c(c4)-c4cc3ccc4OCCN)o2)cc1.S. The van der Waals surface area contributed by atoms with Gasteiger partial charge < -0.3 is 41.3 Å². The highest BCUT2D eigenvalue weighted by molar-refractivity contribution is 7.59. The Kier molecular flexibility index (Phi) is 20.6. The summed E-state index contributed by atoms with van der Waals surface area (Å²) in [6.07, 6.45) is 3.91. The van der Waals surface area contributed by atoms with Gasteiger partial charge in [0.05, 0.1) is 17.8 Å². The Bertz CT molecular complexity index is 2340. The van der Waals surface area contributed by atoms with Crippen LogP contribution < -0.4 is 32.0 Å². The van der Waals surface area contributed by atoms with E-state index < -0.39 is 47.3 Å². The first-order chi connectivity index (χ1) is 31.3. The number of benzene rings is 3. The van der Waals surface area contributed by atoms with E-state index >= 15 is 0 Å². The van der Waals surface area contributed by atoms with E-state index in [9.17, 15) is 29.2 Å². The number of carbonyl (C=O) groups is 5. The number of fused-ring (bicyclic) bond motifs is 5. The molecule has 0 aliphatic carbocycles. The van der Waals surface area contributed by atoms with Crippen molar-refractivity contribution in [2.24, 2.45) is 29.0 Å². The highest BCUT2D eigenvalue weighted by Gasteiger charge is 2.37. The van der Waals surface area contributed by atoms with E-state index in [2.05, 4.69) is 17.2 Å². The number of carbonyl (C=O) groups excluding carboxylic acids is 5. The van der Waals surface area contributed by atoms with Crippen molar-refractivity contribution in [2.45, 2.75) is 97.1 Å². The number of hydrogen-bond donors (Lipinski definition) is 4. The second-order valence-electron chi connectivity index (χ2n) is 16.7. The molecule has 4 aromatic rings. The van der Waals surface area contributed by atoms with E-state index in [1.165, 1.54) is 17.5 Å². The summed E-state index contributed by atoms with van der Waals surface area (Å²) in [7, 11) is 1.50. The third-order valence-corrected chi connectivity index (χ3v) is 11.6. The average Bonchev–Trinajstić information content (AvgIpc) is 3.70. The molecule has 0 fully saturated rings. The van der Waals surface area contributed by atoms with Gasteiger partial charge in [0.15, 0.2) is 17.3 Å². The standard InChI is InChI=1S/C50H63N7O8.H2S/c1-5-6-7-9-33-11-14-35(15-12-33)49-55-32(3)47(65-49)43(60)30-37(19-21-52)50(62)57(4)46-36-16-18-45(64-25-23-54)39(29-36)38-27-34(13-17-44(38)63-24-22-53)28-40(41(58)10-8-20-51)56-48(61)31(2)26-42(46)59;/h11-18,27,29,31,37,40,46H,5-10,19,21-26,28,30,52-54H2,1-4H3,(H,56,61);1H2/t31-,37-,40+,46+;/m1./s1. The fourth-order valence-electron chi connectivity index (χ4n) is 8.13. The topological polar surface area (TPSA) is 247 Å². The predicted octanol–water partition coefficient (Wildman–Crippen LogP) is 6.08. The molecule has 66 heavy (non-hydrogen) atoms. The predicted molar refractivity (Wildman–Crippen MR) is 257 cm³/mol. The number of amides is 2. The molecule has 0 saturated heterocycles. The van der Waals surface area contributed by atoms with Gasteiger partial charge in [-0.05, 0) is 92.2 Å². The fraction of sp³-hybridized carbons (Fsp3) is 0.460. The summed E-state index contributed by atoms with van der Waals surface area (Å²) in [6, 6.07) is 18.1. The molecule has 0 unspecified atom stereocenters. The molecule has 3 aromatic carbocycles. The zero-order valence-corrected chi connectivity index (χ0v) is 39.5. The zero-order chi connectivity index (χ0) is 47.0. The van der Waals surface area contributed by atoms with E-state index in [0.29, 0.717) is 45.3 Å². The van der Waals surface area contributed by atoms with Crippen molar-refractivity contribution in [1.82, 2.24) is 15.2 Å². The third kappa shape index (κ3) is 13.6. The van der Waals surface area contributed by atoms with Crippen molar-refractivity contribution in [2.75, 3.05) is 39.9 Å². The maximum atomic E-state index is 14.7. The number of nitrogens with two attached hydrogens (primary N) is 3. The molecule has 1 aliphatic heterocycles. The fourth-order valence-corrected chi connectivity index (χ4v) is 8.13. The van der Waals surface area contributed by atoms with Crippen LogP contribution in [0.15, 0.2) is 65.1 Å². The van der Waals surface area contributed by atoms with Crippen LogP contribution in [-0.4, -0.2) is 85.0 Å². The lowest BCUT2D eigenvalue weighted by atomic mass is 9.88. The summed E-state index contributed by atoms with van der Waals surface area (Å²) < 4.78 is 18.3. The molecule has 0 saturated carbocycles. The summed E-state index contributed by atoms with van der Waals surface area (Å²) in [6.45, 7) is 6.28. The summed E-state index contributed by atoms with van der Waals surface area (Å²) >= 11 is 0. The Morgan fingerprint density at radius 1 is 0.939 bits per heavy atom. The number of likely N-dealkylation sites (N-methyl/N-ethyl adjacent to an activating group) is 1. The Labute approximate surface area is 394 Å². The van der Waals surface area contributed by atoms with Crippen molar-refractivity contribution in [3.05, 3.63) is 88.8 Å².